The van der Waals surface area contributed by atoms with Crippen molar-refractivity contribution in [3.8, 4) is 33.8 Å². The van der Waals surface area contributed by atoms with Crippen molar-refractivity contribution in [2.75, 3.05) is 0 Å². The number of para-hydroxylation sites is 1. The molecule has 0 saturated carbocycles. The molecule has 1 aliphatic heterocycles. The van der Waals surface area contributed by atoms with Gasteiger partial charge in [-0.2, -0.15) is 0 Å². The molecule has 0 unspecified atom stereocenters. The minimum absolute atomic E-state index is 0.0814. The van der Waals surface area contributed by atoms with Crippen molar-refractivity contribution in [2.24, 2.45) is 0 Å². The van der Waals surface area contributed by atoms with E-state index in [-0.39, 0.29) is 6.71 Å². The Bertz CT molecular complexity index is 2200. The molecule has 9 rings (SSSR count). The number of rotatable bonds is 3. The van der Waals surface area contributed by atoms with E-state index in [1.165, 1.54) is 71.0 Å². The second-order valence-corrected chi connectivity index (χ2v) is 11.2. The van der Waals surface area contributed by atoms with Gasteiger partial charge in [-0.3, -0.25) is 0 Å². The predicted octanol–water partition coefficient (Wildman–Crippen LogP) is 8.54. The van der Waals surface area contributed by atoms with Gasteiger partial charge in [0.15, 0.2) is 0 Å². The van der Waals surface area contributed by atoms with Gasteiger partial charge in [0.05, 0.1) is 0 Å². The van der Waals surface area contributed by atoms with Crippen LogP contribution in [0.2, 0.25) is 0 Å². The summed E-state index contributed by atoms with van der Waals surface area (Å²) >= 11 is 0. The van der Waals surface area contributed by atoms with Crippen LogP contribution in [0.1, 0.15) is 0 Å². The average Bonchev–Trinajstić information content (AvgIpc) is 3.06. The van der Waals surface area contributed by atoms with Gasteiger partial charge in [-0.15, -0.1) is 0 Å². The molecule has 0 saturated heterocycles. The molecule has 8 aromatic carbocycles. The zero-order chi connectivity index (χ0) is 27.6. The summed E-state index contributed by atoms with van der Waals surface area (Å²) in [4.78, 5) is 0. The van der Waals surface area contributed by atoms with E-state index in [4.69, 9.17) is 4.74 Å². The molecule has 1 nitrogen and oxygen atoms in total. The Kier molecular flexibility index (Phi) is 5.06. The topological polar surface area (TPSA) is 9.23 Å². The van der Waals surface area contributed by atoms with Crippen molar-refractivity contribution in [3.63, 3.8) is 0 Å². The van der Waals surface area contributed by atoms with Gasteiger partial charge in [0, 0.05) is 0 Å². The Morgan fingerprint density at radius 1 is 0.429 bits per heavy atom. The van der Waals surface area contributed by atoms with Crippen molar-refractivity contribution < 1.29 is 4.74 Å². The first-order chi connectivity index (χ1) is 20.8. The molecule has 1 aliphatic rings. The van der Waals surface area contributed by atoms with E-state index < -0.39 is 0 Å². The summed E-state index contributed by atoms with van der Waals surface area (Å²) in [6.07, 6.45) is 0. The van der Waals surface area contributed by atoms with E-state index in [0.717, 1.165) is 11.5 Å². The van der Waals surface area contributed by atoms with E-state index in [0.29, 0.717) is 0 Å². The molecule has 42 heavy (non-hydrogen) atoms. The van der Waals surface area contributed by atoms with E-state index >= 15 is 0 Å². The monoisotopic (exact) mass is 532 g/mol. The second kappa shape index (κ2) is 9.09. The maximum absolute atomic E-state index is 6.66. The first-order valence-corrected chi connectivity index (χ1v) is 14.6. The van der Waals surface area contributed by atoms with Crippen LogP contribution in [0.25, 0.3) is 54.6 Å². The Labute approximate surface area is 245 Å². The van der Waals surface area contributed by atoms with Crippen LogP contribution in [-0.2, 0) is 0 Å². The van der Waals surface area contributed by atoms with E-state index in [9.17, 15) is 0 Å². The summed E-state index contributed by atoms with van der Waals surface area (Å²) < 4.78 is 6.66. The molecule has 0 spiro atoms. The fourth-order valence-corrected chi connectivity index (χ4v) is 7.14. The van der Waals surface area contributed by atoms with Gasteiger partial charge in [0.25, 0.3) is 6.71 Å². The maximum atomic E-state index is 6.66. The predicted molar refractivity (Wildman–Crippen MR) is 179 cm³/mol. The molecule has 2 heteroatoms. The smallest absolute Gasteiger partial charge is 0.251 e. The summed E-state index contributed by atoms with van der Waals surface area (Å²) in [7, 11) is 0. The van der Waals surface area contributed by atoms with Crippen LogP contribution < -0.4 is 21.1 Å². The zero-order valence-corrected chi connectivity index (χ0v) is 22.9. The van der Waals surface area contributed by atoms with E-state index in [1.54, 1.807) is 0 Å². The van der Waals surface area contributed by atoms with E-state index in [2.05, 4.69) is 152 Å². The van der Waals surface area contributed by atoms with Gasteiger partial charge in [-0.1, -0.05) is 139 Å². The van der Waals surface area contributed by atoms with Gasteiger partial charge in [-0.05, 0) is 83.7 Å². The van der Waals surface area contributed by atoms with Crippen LogP contribution in [-0.4, -0.2) is 6.71 Å². The molecule has 0 fully saturated rings. The lowest BCUT2D eigenvalue weighted by Crippen LogP contribution is -2.55. The molecule has 0 N–H and O–H groups in total. The molecule has 8 aromatic rings. The number of ether oxygens (including phenoxy) is 1. The third kappa shape index (κ3) is 3.39. The fourth-order valence-electron chi connectivity index (χ4n) is 7.14. The van der Waals surface area contributed by atoms with Crippen molar-refractivity contribution in [1.29, 1.82) is 0 Å². The largest absolute Gasteiger partial charge is 0.458 e. The third-order valence-corrected chi connectivity index (χ3v) is 8.95. The Morgan fingerprint density at radius 2 is 1.00 bits per heavy atom. The van der Waals surface area contributed by atoms with Gasteiger partial charge < -0.3 is 4.74 Å². The van der Waals surface area contributed by atoms with Crippen molar-refractivity contribution in [2.45, 2.75) is 0 Å². The molecule has 0 atom stereocenters. The Hall–Kier alpha value is -5.34. The number of hydrogen-bond donors (Lipinski definition) is 0. The van der Waals surface area contributed by atoms with Crippen LogP contribution in [0.15, 0.2) is 152 Å². The fraction of sp³-hybridized carbons (Fsp3) is 0. The van der Waals surface area contributed by atoms with Crippen molar-refractivity contribution in [3.05, 3.63) is 152 Å². The Balaban J connectivity index is 1.44. The number of fused-ring (bicyclic) bond motifs is 3. The highest BCUT2D eigenvalue weighted by atomic mass is 16.5. The van der Waals surface area contributed by atoms with Crippen LogP contribution >= 0.6 is 0 Å². The normalized spacial score (nSPS) is 12.4. The Morgan fingerprint density at radius 3 is 1.69 bits per heavy atom. The maximum Gasteiger partial charge on any atom is 0.251 e. The van der Waals surface area contributed by atoms with Gasteiger partial charge in [0.1, 0.15) is 11.5 Å². The molecule has 0 aromatic heterocycles. The molecule has 0 bridgehead atoms. The summed E-state index contributed by atoms with van der Waals surface area (Å²) in [5.74, 6) is 1.88. The average molecular weight is 532 g/mol. The highest BCUT2D eigenvalue weighted by Crippen LogP contribution is 2.45. The van der Waals surface area contributed by atoms with Gasteiger partial charge in [-0.25, -0.2) is 0 Å². The third-order valence-electron chi connectivity index (χ3n) is 8.95. The first kappa shape index (κ1) is 23.4. The highest BCUT2D eigenvalue weighted by Gasteiger charge is 2.34. The number of hydrogen-bond acceptors (Lipinski definition) is 1. The van der Waals surface area contributed by atoms with E-state index in [1.807, 2.05) is 0 Å². The summed E-state index contributed by atoms with van der Waals surface area (Å²) in [6, 6.07) is 54.8. The first-order valence-electron chi connectivity index (χ1n) is 14.6. The zero-order valence-electron chi connectivity index (χ0n) is 22.9. The van der Waals surface area contributed by atoms with Crippen LogP contribution in [0, 0.1) is 0 Å². The lowest BCUT2D eigenvalue weighted by Gasteiger charge is -2.29. The van der Waals surface area contributed by atoms with Gasteiger partial charge in [0.2, 0.25) is 0 Å². The molecular weight excluding hydrogens is 507 g/mol. The lowest BCUT2D eigenvalue weighted by atomic mass is 9.35. The molecule has 0 amide bonds. The van der Waals surface area contributed by atoms with Crippen molar-refractivity contribution >= 4 is 55.4 Å². The molecule has 194 valence electrons. The summed E-state index contributed by atoms with van der Waals surface area (Å²) in [6.45, 7) is 0.0814. The molecule has 0 aliphatic carbocycles. The summed E-state index contributed by atoms with van der Waals surface area (Å²) in [5.41, 5.74) is 8.71. The molecule has 0 radical (unpaired) electrons. The SMILES string of the molecule is c1ccc(B2c3ccccc3Oc3cc4ccc5c(-c6ccccc6)cc(-c6ccccc6)c6ccc(c32)c4c56)cc1. The van der Waals surface area contributed by atoms with Crippen molar-refractivity contribution in [1.82, 2.24) is 0 Å². The highest BCUT2D eigenvalue weighted by molar-refractivity contribution is 6.98. The quantitative estimate of drug-likeness (QED) is 0.164. The standard InChI is InChI=1S/C40H25BO/c1-4-12-26(13-5-1)33-25-34(27-14-6-2-7-15-27)31-22-23-32-38-28(20-21-30(33)39(31)38)24-37-40(32)41(29-16-8-3-9-17-29)35-18-10-11-19-36(35)42-37/h1-25H. The van der Waals surface area contributed by atoms with Crippen LogP contribution in [0.4, 0.5) is 0 Å². The number of benzene rings is 8. The van der Waals surface area contributed by atoms with Gasteiger partial charge >= 0.3 is 0 Å². The van der Waals surface area contributed by atoms with Crippen LogP contribution in [0.3, 0.4) is 0 Å². The molecular formula is C40H25BO. The molecule has 1 heterocycles. The second-order valence-electron chi connectivity index (χ2n) is 11.2. The van der Waals surface area contributed by atoms with Crippen LogP contribution in [0.5, 0.6) is 11.5 Å². The minimum atomic E-state index is 0.0814. The minimum Gasteiger partial charge on any atom is -0.458 e. The summed E-state index contributed by atoms with van der Waals surface area (Å²) in [5, 5.41) is 7.65. The lowest BCUT2D eigenvalue weighted by molar-refractivity contribution is 0.488.